The highest BCUT2D eigenvalue weighted by molar-refractivity contribution is 7.13. The SMILES string of the molecule is Cc1ccc(-c2nc(CC(=O)NCCCn3ccnc3C)cs2)cc1. The van der Waals surface area contributed by atoms with Crippen LogP contribution in [-0.2, 0) is 17.8 Å². The van der Waals surface area contributed by atoms with Gasteiger partial charge in [0, 0.05) is 36.4 Å². The molecule has 2 heterocycles. The van der Waals surface area contributed by atoms with Crippen LogP contribution in [0, 0.1) is 13.8 Å². The van der Waals surface area contributed by atoms with Gasteiger partial charge in [0.15, 0.2) is 0 Å². The molecule has 5 nitrogen and oxygen atoms in total. The first kappa shape index (κ1) is 17.4. The summed E-state index contributed by atoms with van der Waals surface area (Å²) in [5, 5.41) is 5.88. The monoisotopic (exact) mass is 354 g/mol. The molecule has 0 saturated carbocycles. The number of carbonyl (C=O) groups excluding carboxylic acids is 1. The minimum atomic E-state index is 0.0168. The number of rotatable bonds is 7. The molecule has 0 fully saturated rings. The normalized spacial score (nSPS) is 10.8. The van der Waals surface area contributed by atoms with Crippen molar-refractivity contribution >= 4 is 17.2 Å². The highest BCUT2D eigenvalue weighted by Gasteiger charge is 2.09. The van der Waals surface area contributed by atoms with Crippen LogP contribution >= 0.6 is 11.3 Å². The van der Waals surface area contributed by atoms with Gasteiger partial charge in [-0.3, -0.25) is 4.79 Å². The molecule has 0 aliphatic carbocycles. The zero-order valence-corrected chi connectivity index (χ0v) is 15.3. The Labute approximate surface area is 151 Å². The Morgan fingerprint density at radius 2 is 2.04 bits per heavy atom. The van der Waals surface area contributed by atoms with Crippen LogP contribution in [0.15, 0.2) is 42.0 Å². The fraction of sp³-hybridized carbons (Fsp3) is 0.316. The van der Waals surface area contributed by atoms with Gasteiger partial charge in [-0.25, -0.2) is 9.97 Å². The van der Waals surface area contributed by atoms with E-state index in [1.807, 2.05) is 18.5 Å². The molecular formula is C19H22N4OS. The molecule has 0 saturated heterocycles. The minimum absolute atomic E-state index is 0.0168. The number of carbonyl (C=O) groups is 1. The first-order chi connectivity index (χ1) is 12.1. The lowest BCUT2D eigenvalue weighted by Crippen LogP contribution is -2.27. The predicted molar refractivity (Wildman–Crippen MR) is 101 cm³/mol. The third-order valence-electron chi connectivity index (χ3n) is 4.01. The second-order valence-corrected chi connectivity index (χ2v) is 6.92. The van der Waals surface area contributed by atoms with Crippen LogP contribution in [0.2, 0.25) is 0 Å². The van der Waals surface area contributed by atoms with Gasteiger partial charge in [-0.2, -0.15) is 0 Å². The molecule has 25 heavy (non-hydrogen) atoms. The number of benzene rings is 1. The molecule has 0 spiro atoms. The highest BCUT2D eigenvalue weighted by Crippen LogP contribution is 2.24. The van der Waals surface area contributed by atoms with E-state index in [-0.39, 0.29) is 5.91 Å². The molecule has 0 aliphatic rings. The van der Waals surface area contributed by atoms with E-state index >= 15 is 0 Å². The third-order valence-corrected chi connectivity index (χ3v) is 4.95. The number of nitrogens with one attached hydrogen (secondary N) is 1. The lowest BCUT2D eigenvalue weighted by atomic mass is 10.2. The Morgan fingerprint density at radius 3 is 2.76 bits per heavy atom. The minimum Gasteiger partial charge on any atom is -0.356 e. The van der Waals surface area contributed by atoms with Crippen LogP contribution in [0.5, 0.6) is 0 Å². The van der Waals surface area contributed by atoms with Crippen LogP contribution in [0.3, 0.4) is 0 Å². The number of thiazole rings is 1. The standard InChI is InChI=1S/C19H22N4OS/c1-14-4-6-16(7-5-14)19-22-17(13-25-19)12-18(24)21-8-3-10-23-11-9-20-15(23)2/h4-7,9,11,13H,3,8,10,12H2,1-2H3,(H,21,24). The van der Waals surface area contributed by atoms with Crippen molar-refractivity contribution in [2.24, 2.45) is 0 Å². The molecule has 0 unspecified atom stereocenters. The van der Waals surface area contributed by atoms with Crippen molar-refractivity contribution < 1.29 is 4.79 Å². The van der Waals surface area contributed by atoms with Crippen molar-refractivity contribution in [1.29, 1.82) is 0 Å². The lowest BCUT2D eigenvalue weighted by Gasteiger charge is -2.06. The first-order valence-electron chi connectivity index (χ1n) is 8.38. The van der Waals surface area contributed by atoms with E-state index in [1.54, 1.807) is 17.5 Å². The summed E-state index contributed by atoms with van der Waals surface area (Å²) in [7, 11) is 0. The first-order valence-corrected chi connectivity index (χ1v) is 9.25. The molecule has 6 heteroatoms. The van der Waals surface area contributed by atoms with E-state index in [1.165, 1.54) is 5.56 Å². The van der Waals surface area contributed by atoms with Crippen molar-refractivity contribution in [2.45, 2.75) is 33.2 Å². The van der Waals surface area contributed by atoms with Crippen LogP contribution in [0.4, 0.5) is 0 Å². The third kappa shape index (κ3) is 4.76. The quantitative estimate of drug-likeness (QED) is 0.662. The Hall–Kier alpha value is -2.47. The molecule has 0 atom stereocenters. The Bertz CT molecular complexity index is 835. The number of amides is 1. The number of hydrogen-bond acceptors (Lipinski definition) is 4. The molecule has 0 bridgehead atoms. The molecule has 3 rings (SSSR count). The van der Waals surface area contributed by atoms with Gasteiger partial charge in [-0.1, -0.05) is 29.8 Å². The predicted octanol–water partition coefficient (Wildman–Crippen LogP) is 3.37. The maximum Gasteiger partial charge on any atom is 0.226 e. The molecule has 0 aliphatic heterocycles. The highest BCUT2D eigenvalue weighted by atomic mass is 32.1. The zero-order chi connectivity index (χ0) is 17.6. The van der Waals surface area contributed by atoms with Crippen molar-refractivity contribution in [2.75, 3.05) is 6.54 Å². The summed E-state index contributed by atoms with van der Waals surface area (Å²) in [6.45, 7) is 5.56. The molecule has 3 aromatic rings. The van der Waals surface area contributed by atoms with Gasteiger partial charge in [-0.15, -0.1) is 11.3 Å². The van der Waals surface area contributed by atoms with Crippen LogP contribution in [0.25, 0.3) is 10.6 Å². The van der Waals surface area contributed by atoms with Gasteiger partial charge in [0.25, 0.3) is 0 Å². The van der Waals surface area contributed by atoms with E-state index in [4.69, 9.17) is 0 Å². The van der Waals surface area contributed by atoms with Gasteiger partial charge < -0.3 is 9.88 Å². The van der Waals surface area contributed by atoms with Crippen molar-refractivity contribution in [1.82, 2.24) is 19.9 Å². The molecule has 1 amide bonds. The number of nitrogens with zero attached hydrogens (tertiary/aromatic N) is 3. The average Bonchev–Trinajstić information content (AvgIpc) is 3.22. The van der Waals surface area contributed by atoms with Gasteiger partial charge in [0.05, 0.1) is 12.1 Å². The van der Waals surface area contributed by atoms with Crippen molar-refractivity contribution in [3.8, 4) is 10.6 Å². The second kappa shape index (κ2) is 8.07. The summed E-state index contributed by atoms with van der Waals surface area (Å²) >= 11 is 1.58. The maximum atomic E-state index is 12.1. The number of imidazole rings is 1. The topological polar surface area (TPSA) is 59.8 Å². The van der Waals surface area contributed by atoms with E-state index in [0.29, 0.717) is 13.0 Å². The number of aromatic nitrogens is 3. The van der Waals surface area contributed by atoms with Gasteiger partial charge in [0.2, 0.25) is 5.91 Å². The molecular weight excluding hydrogens is 332 g/mol. The molecule has 1 aromatic carbocycles. The summed E-state index contributed by atoms with van der Waals surface area (Å²) in [5.41, 5.74) is 3.15. The van der Waals surface area contributed by atoms with Gasteiger partial charge >= 0.3 is 0 Å². The number of aryl methyl sites for hydroxylation is 3. The van der Waals surface area contributed by atoms with Crippen LogP contribution < -0.4 is 5.32 Å². The largest absolute Gasteiger partial charge is 0.356 e. The summed E-state index contributed by atoms with van der Waals surface area (Å²) in [4.78, 5) is 20.8. The fourth-order valence-electron chi connectivity index (χ4n) is 2.56. The van der Waals surface area contributed by atoms with Crippen LogP contribution in [0.1, 0.15) is 23.5 Å². The molecule has 1 N–H and O–H groups in total. The Kier molecular flexibility index (Phi) is 5.60. The van der Waals surface area contributed by atoms with E-state index < -0.39 is 0 Å². The van der Waals surface area contributed by atoms with Gasteiger partial charge in [0.1, 0.15) is 10.8 Å². The second-order valence-electron chi connectivity index (χ2n) is 6.06. The molecule has 2 aromatic heterocycles. The van der Waals surface area contributed by atoms with E-state index in [0.717, 1.165) is 35.1 Å². The zero-order valence-electron chi connectivity index (χ0n) is 14.5. The number of hydrogen-bond donors (Lipinski definition) is 1. The smallest absolute Gasteiger partial charge is 0.226 e. The Morgan fingerprint density at radius 1 is 1.24 bits per heavy atom. The maximum absolute atomic E-state index is 12.1. The summed E-state index contributed by atoms with van der Waals surface area (Å²) in [6.07, 6.45) is 4.96. The molecule has 0 radical (unpaired) electrons. The van der Waals surface area contributed by atoms with Crippen molar-refractivity contribution in [3.05, 3.63) is 59.1 Å². The summed E-state index contributed by atoms with van der Waals surface area (Å²) < 4.78 is 2.08. The van der Waals surface area contributed by atoms with Gasteiger partial charge in [-0.05, 0) is 20.3 Å². The Balaban J connectivity index is 1.45. The van der Waals surface area contributed by atoms with Crippen molar-refractivity contribution in [3.63, 3.8) is 0 Å². The van der Waals surface area contributed by atoms with E-state index in [9.17, 15) is 4.79 Å². The lowest BCUT2D eigenvalue weighted by molar-refractivity contribution is -0.120. The average molecular weight is 354 g/mol. The fourth-order valence-corrected chi connectivity index (χ4v) is 3.39. The van der Waals surface area contributed by atoms with E-state index in [2.05, 4.69) is 51.0 Å². The molecule has 130 valence electrons. The summed E-state index contributed by atoms with van der Waals surface area (Å²) in [5.74, 6) is 1.01. The van der Waals surface area contributed by atoms with Crippen LogP contribution in [-0.4, -0.2) is 27.0 Å². The summed E-state index contributed by atoms with van der Waals surface area (Å²) in [6, 6.07) is 8.28.